The van der Waals surface area contributed by atoms with Gasteiger partial charge in [0.1, 0.15) is 0 Å². The number of nitrogens with one attached hydrogen (secondary N) is 1. The summed E-state index contributed by atoms with van der Waals surface area (Å²) in [6, 6.07) is 11.3. The lowest BCUT2D eigenvalue weighted by Gasteiger charge is -2.30. The van der Waals surface area contributed by atoms with Gasteiger partial charge in [0.25, 0.3) is 5.89 Å². The third-order valence-corrected chi connectivity index (χ3v) is 5.21. The van der Waals surface area contributed by atoms with Crippen molar-refractivity contribution in [3.63, 3.8) is 0 Å². The normalized spacial score (nSPS) is 15.9. The zero-order valence-corrected chi connectivity index (χ0v) is 16.9. The van der Waals surface area contributed by atoms with E-state index in [0.29, 0.717) is 12.1 Å². The van der Waals surface area contributed by atoms with E-state index >= 15 is 0 Å². The number of carbonyl (C=O) groups is 1. The molecule has 0 aliphatic carbocycles. The van der Waals surface area contributed by atoms with Gasteiger partial charge < -0.3 is 19.5 Å². The van der Waals surface area contributed by atoms with Crippen molar-refractivity contribution in [1.29, 1.82) is 0 Å². The van der Waals surface area contributed by atoms with Crippen LogP contribution in [0.3, 0.4) is 0 Å². The second-order valence-corrected chi connectivity index (χ2v) is 7.29. The van der Waals surface area contributed by atoms with Gasteiger partial charge in [-0.3, -0.25) is 9.78 Å². The molecule has 1 saturated heterocycles. The topological polar surface area (TPSA) is 87.4 Å². The van der Waals surface area contributed by atoms with Crippen LogP contribution >= 0.6 is 0 Å². The van der Waals surface area contributed by atoms with Crippen molar-refractivity contribution in [2.75, 3.05) is 29.9 Å². The highest BCUT2D eigenvalue weighted by molar-refractivity contribution is 5.84. The van der Waals surface area contributed by atoms with Crippen molar-refractivity contribution in [2.24, 2.45) is 0 Å². The van der Waals surface area contributed by atoms with E-state index in [9.17, 15) is 13.6 Å². The molecule has 0 radical (unpaired) electrons. The van der Waals surface area contributed by atoms with Gasteiger partial charge in [-0.2, -0.15) is 8.78 Å². The van der Waals surface area contributed by atoms with E-state index in [0.717, 1.165) is 43.0 Å². The van der Waals surface area contributed by atoms with Gasteiger partial charge in [0.2, 0.25) is 12.3 Å². The number of rotatable bonds is 8. The zero-order valence-electron chi connectivity index (χ0n) is 16.9. The van der Waals surface area contributed by atoms with Gasteiger partial charge in [-0.15, -0.1) is 10.2 Å². The predicted octanol–water partition coefficient (Wildman–Crippen LogP) is 3.03. The van der Waals surface area contributed by atoms with Crippen molar-refractivity contribution < 1.29 is 18.0 Å². The molecule has 1 amide bonds. The highest BCUT2D eigenvalue weighted by Crippen LogP contribution is 2.31. The van der Waals surface area contributed by atoms with Crippen LogP contribution in [-0.4, -0.2) is 47.8 Å². The van der Waals surface area contributed by atoms with Gasteiger partial charge in [0.15, 0.2) is 0 Å². The van der Waals surface area contributed by atoms with Crippen LogP contribution in [0.1, 0.15) is 24.4 Å². The lowest BCUT2D eigenvalue weighted by Crippen LogP contribution is -2.36. The molecule has 1 aliphatic heterocycles. The highest BCUT2D eigenvalue weighted by Gasteiger charge is 2.25. The van der Waals surface area contributed by atoms with Gasteiger partial charge in [0, 0.05) is 19.8 Å². The summed E-state index contributed by atoms with van der Waals surface area (Å²) in [7, 11) is 1.93. The van der Waals surface area contributed by atoms with E-state index in [-0.39, 0.29) is 11.9 Å². The molecule has 0 spiro atoms. The Morgan fingerprint density at radius 3 is 2.65 bits per heavy atom. The van der Waals surface area contributed by atoms with E-state index in [1.54, 1.807) is 17.0 Å². The molecular weight excluding hydrogens is 406 g/mol. The van der Waals surface area contributed by atoms with E-state index in [1.165, 1.54) is 6.20 Å². The Bertz CT molecular complexity index is 1020. The molecule has 1 aliphatic rings. The third kappa shape index (κ3) is 4.53. The molecule has 1 aromatic carbocycles. The molecule has 0 saturated carbocycles. The lowest BCUT2D eigenvalue weighted by molar-refractivity contribution is -0.107. The first-order chi connectivity index (χ1) is 15.1. The van der Waals surface area contributed by atoms with Crippen LogP contribution in [0, 0.1) is 0 Å². The Balaban J connectivity index is 1.50. The van der Waals surface area contributed by atoms with Crippen molar-refractivity contribution >= 4 is 17.8 Å². The number of benzene rings is 1. The number of para-hydroxylation sites is 2. The summed E-state index contributed by atoms with van der Waals surface area (Å²) in [4.78, 5) is 20.0. The van der Waals surface area contributed by atoms with E-state index in [2.05, 4.69) is 20.5 Å². The van der Waals surface area contributed by atoms with Crippen LogP contribution in [0.25, 0.3) is 11.5 Å². The van der Waals surface area contributed by atoms with Gasteiger partial charge >= 0.3 is 6.43 Å². The van der Waals surface area contributed by atoms with Gasteiger partial charge in [-0.1, -0.05) is 12.1 Å². The van der Waals surface area contributed by atoms with Crippen LogP contribution < -0.4 is 15.1 Å². The summed E-state index contributed by atoms with van der Waals surface area (Å²) < 4.78 is 30.2. The quantitative estimate of drug-likeness (QED) is 0.552. The maximum Gasteiger partial charge on any atom is 0.314 e. The SMILES string of the molecule is CN(Cc1ccc(-c2nnc(C(F)F)o2)cn1)c1ccccc1N(C=O)C1CCNC1. The fourth-order valence-electron chi connectivity index (χ4n) is 3.63. The summed E-state index contributed by atoms with van der Waals surface area (Å²) in [6.45, 7) is 2.14. The number of pyridine rings is 1. The number of aromatic nitrogens is 3. The standard InChI is InChI=1S/C21H22F2N6O2/c1-28(17-4-2-3-5-18(17)29(13-30)16-8-9-24-11-16)12-15-7-6-14(10-25-15)20-26-27-21(31-20)19(22)23/h2-7,10,13,16,19,24H,8-9,11-12H2,1H3. The number of nitrogens with zero attached hydrogens (tertiary/aromatic N) is 5. The smallest absolute Gasteiger partial charge is 0.314 e. The first kappa shape index (κ1) is 20.9. The molecule has 0 bridgehead atoms. The molecule has 2 aromatic heterocycles. The second kappa shape index (κ2) is 9.17. The zero-order chi connectivity index (χ0) is 21.8. The van der Waals surface area contributed by atoms with Crippen LogP contribution in [0.5, 0.6) is 0 Å². The first-order valence-electron chi connectivity index (χ1n) is 9.88. The minimum absolute atomic E-state index is 0.000141. The Labute approximate surface area is 177 Å². The number of carbonyl (C=O) groups excluding carboxylic acids is 1. The van der Waals surface area contributed by atoms with Crippen LogP contribution in [0.4, 0.5) is 20.2 Å². The van der Waals surface area contributed by atoms with Gasteiger partial charge in [0.05, 0.1) is 35.2 Å². The molecule has 1 fully saturated rings. The van der Waals surface area contributed by atoms with Gasteiger partial charge in [-0.25, -0.2) is 0 Å². The van der Waals surface area contributed by atoms with Crippen molar-refractivity contribution in [2.45, 2.75) is 25.4 Å². The number of alkyl halides is 2. The second-order valence-electron chi connectivity index (χ2n) is 7.29. The number of halogens is 2. The molecule has 31 heavy (non-hydrogen) atoms. The molecule has 1 unspecified atom stereocenters. The molecule has 8 nitrogen and oxygen atoms in total. The molecule has 4 rings (SSSR count). The van der Waals surface area contributed by atoms with Crippen LogP contribution in [0.15, 0.2) is 47.0 Å². The largest absolute Gasteiger partial charge is 0.415 e. The number of hydrogen-bond acceptors (Lipinski definition) is 7. The Morgan fingerprint density at radius 1 is 1.23 bits per heavy atom. The number of hydrogen-bond donors (Lipinski definition) is 1. The summed E-state index contributed by atoms with van der Waals surface area (Å²) in [5.41, 5.74) is 2.98. The Hall–Kier alpha value is -3.40. The molecular formula is C21H22F2N6O2. The highest BCUT2D eigenvalue weighted by atomic mass is 19.3. The number of anilines is 2. The maximum atomic E-state index is 12.6. The molecule has 10 heteroatoms. The average molecular weight is 428 g/mol. The third-order valence-electron chi connectivity index (χ3n) is 5.21. The monoisotopic (exact) mass is 428 g/mol. The minimum atomic E-state index is -2.81. The molecule has 3 heterocycles. The minimum Gasteiger partial charge on any atom is -0.415 e. The van der Waals surface area contributed by atoms with Crippen molar-refractivity contribution in [3.8, 4) is 11.5 Å². The van der Waals surface area contributed by atoms with Crippen molar-refractivity contribution in [1.82, 2.24) is 20.5 Å². The average Bonchev–Trinajstić information content (AvgIpc) is 3.48. The predicted molar refractivity (Wildman–Crippen MR) is 111 cm³/mol. The van der Waals surface area contributed by atoms with Crippen LogP contribution in [0.2, 0.25) is 0 Å². The maximum absolute atomic E-state index is 12.6. The Morgan fingerprint density at radius 2 is 2.03 bits per heavy atom. The summed E-state index contributed by atoms with van der Waals surface area (Å²) in [5.74, 6) is -0.715. The molecule has 162 valence electrons. The fraction of sp³-hybridized carbons (Fsp3) is 0.333. The fourth-order valence-corrected chi connectivity index (χ4v) is 3.63. The van der Waals surface area contributed by atoms with Crippen molar-refractivity contribution in [3.05, 3.63) is 54.2 Å². The van der Waals surface area contributed by atoms with E-state index in [1.807, 2.05) is 36.2 Å². The summed E-state index contributed by atoms with van der Waals surface area (Å²) in [5, 5.41) is 10.3. The summed E-state index contributed by atoms with van der Waals surface area (Å²) >= 11 is 0. The Kier molecular flexibility index (Phi) is 6.17. The molecule has 1 atom stereocenters. The van der Waals surface area contributed by atoms with E-state index in [4.69, 9.17) is 4.42 Å². The lowest BCUT2D eigenvalue weighted by atomic mass is 10.1. The van der Waals surface area contributed by atoms with Crippen LogP contribution in [-0.2, 0) is 11.3 Å². The van der Waals surface area contributed by atoms with Gasteiger partial charge in [-0.05, 0) is 37.2 Å². The molecule has 1 N–H and O–H groups in total. The molecule has 3 aromatic rings. The summed E-state index contributed by atoms with van der Waals surface area (Å²) in [6.07, 6.45) is 0.492. The van der Waals surface area contributed by atoms with E-state index < -0.39 is 12.3 Å². The number of amides is 1. The first-order valence-corrected chi connectivity index (χ1v) is 9.88.